The first kappa shape index (κ1) is 28.8. The predicted molar refractivity (Wildman–Crippen MR) is 153 cm³/mol. The number of pyridine rings is 1. The molecule has 4 aromatic rings. The van der Waals surface area contributed by atoms with Gasteiger partial charge in [-0.05, 0) is 41.8 Å². The number of nitrogens with one attached hydrogen (secondary N) is 1. The Hall–Kier alpha value is -5.18. The number of carbonyl (C=O) groups excluding carboxylic acids is 3. The third kappa shape index (κ3) is 8.40. The van der Waals surface area contributed by atoms with Gasteiger partial charge in [0.15, 0.2) is 5.60 Å². The summed E-state index contributed by atoms with van der Waals surface area (Å²) in [5, 5.41) is 2.77. The molecule has 0 saturated carbocycles. The Kier molecular flexibility index (Phi) is 9.32. The van der Waals surface area contributed by atoms with E-state index in [-0.39, 0.29) is 12.2 Å². The molecule has 2 amide bonds. The fraction of sp³-hybridized carbons (Fsp3) is 0.188. The van der Waals surface area contributed by atoms with Crippen LogP contribution in [0.5, 0.6) is 11.5 Å². The summed E-state index contributed by atoms with van der Waals surface area (Å²) in [6, 6.07) is 27.7. The molecule has 1 aromatic heterocycles. The number of rotatable bonds is 12. The molecule has 1 heterocycles. The fourth-order valence-electron chi connectivity index (χ4n) is 4.02. The van der Waals surface area contributed by atoms with Crippen molar-refractivity contribution >= 4 is 23.6 Å². The molecule has 4 rings (SSSR count). The first-order valence-electron chi connectivity index (χ1n) is 12.9. The van der Waals surface area contributed by atoms with Gasteiger partial charge in [-0.25, -0.2) is 4.98 Å². The lowest BCUT2D eigenvalue weighted by Crippen LogP contribution is -2.46. The summed E-state index contributed by atoms with van der Waals surface area (Å²) >= 11 is 0. The number of anilines is 1. The molecule has 3 aromatic carbocycles. The van der Waals surface area contributed by atoms with Crippen molar-refractivity contribution in [2.45, 2.75) is 39.1 Å². The highest BCUT2D eigenvalue weighted by molar-refractivity contribution is 6.04. The van der Waals surface area contributed by atoms with E-state index in [1.807, 2.05) is 60.7 Å². The van der Waals surface area contributed by atoms with E-state index in [1.54, 1.807) is 30.3 Å². The largest absolute Gasteiger partial charge is 0.489 e. The summed E-state index contributed by atoms with van der Waals surface area (Å²) in [4.78, 5) is 40.8. The molecule has 9 nitrogen and oxygen atoms in total. The van der Waals surface area contributed by atoms with E-state index in [0.717, 1.165) is 11.1 Å². The number of primary amides is 1. The standard InChI is InChI=1S/C32H31N3O6/c1-22(36)41-32(2,31(33)38)18-25-13-14-29(34-19-25)35-30(37)26-15-27(39-20-23-9-5-3-6-10-23)17-28(16-26)40-21-24-11-7-4-8-12-24/h3-17,19H,18,20-21H2,1-2H3,(H2,33,38)(H,34,35,37). The zero-order chi connectivity index (χ0) is 29.2. The van der Waals surface area contributed by atoms with Crippen molar-refractivity contribution < 1.29 is 28.6 Å². The molecule has 1 unspecified atom stereocenters. The van der Waals surface area contributed by atoms with Crippen LogP contribution in [0.1, 0.15) is 40.9 Å². The number of amides is 2. The minimum Gasteiger partial charge on any atom is -0.489 e. The average molecular weight is 554 g/mol. The summed E-state index contributed by atoms with van der Waals surface area (Å²) in [5.74, 6) is -0.570. The van der Waals surface area contributed by atoms with Gasteiger partial charge in [0.2, 0.25) is 0 Å². The Morgan fingerprint density at radius 2 is 1.37 bits per heavy atom. The normalized spacial score (nSPS) is 12.0. The number of hydrogen-bond donors (Lipinski definition) is 2. The molecule has 0 bridgehead atoms. The summed E-state index contributed by atoms with van der Waals surface area (Å²) in [6.45, 7) is 3.30. The molecule has 210 valence electrons. The van der Waals surface area contributed by atoms with Crippen molar-refractivity contribution in [2.75, 3.05) is 5.32 Å². The van der Waals surface area contributed by atoms with Gasteiger partial charge in [0.1, 0.15) is 30.5 Å². The van der Waals surface area contributed by atoms with E-state index in [0.29, 0.717) is 35.8 Å². The maximum atomic E-state index is 13.2. The molecule has 1 atom stereocenters. The van der Waals surface area contributed by atoms with Crippen LogP contribution in [-0.4, -0.2) is 28.4 Å². The number of esters is 1. The number of aromatic nitrogens is 1. The third-order valence-electron chi connectivity index (χ3n) is 6.14. The second kappa shape index (κ2) is 13.3. The molecule has 0 aliphatic heterocycles. The van der Waals surface area contributed by atoms with Gasteiger partial charge in [-0.15, -0.1) is 0 Å². The van der Waals surface area contributed by atoms with E-state index < -0.39 is 23.4 Å². The lowest BCUT2D eigenvalue weighted by molar-refractivity contribution is -0.163. The van der Waals surface area contributed by atoms with E-state index in [2.05, 4.69) is 10.3 Å². The van der Waals surface area contributed by atoms with Crippen molar-refractivity contribution in [2.24, 2.45) is 5.73 Å². The minimum absolute atomic E-state index is 0.0338. The van der Waals surface area contributed by atoms with Gasteiger partial charge in [0.05, 0.1) is 0 Å². The third-order valence-corrected chi connectivity index (χ3v) is 6.14. The molecule has 0 spiro atoms. The van der Waals surface area contributed by atoms with E-state index >= 15 is 0 Å². The molecular weight excluding hydrogens is 522 g/mol. The summed E-state index contributed by atoms with van der Waals surface area (Å²) in [7, 11) is 0. The first-order valence-corrected chi connectivity index (χ1v) is 12.9. The van der Waals surface area contributed by atoms with Crippen molar-refractivity contribution in [1.82, 2.24) is 4.98 Å². The van der Waals surface area contributed by atoms with Gasteiger partial charge in [-0.2, -0.15) is 0 Å². The summed E-state index contributed by atoms with van der Waals surface area (Å²) in [6.07, 6.45) is 1.51. The highest BCUT2D eigenvalue weighted by Crippen LogP contribution is 2.26. The molecule has 41 heavy (non-hydrogen) atoms. The number of ether oxygens (including phenoxy) is 3. The number of hydrogen-bond acceptors (Lipinski definition) is 7. The lowest BCUT2D eigenvalue weighted by Gasteiger charge is -2.25. The first-order chi connectivity index (χ1) is 19.7. The second-order valence-corrected chi connectivity index (χ2v) is 9.61. The fourth-order valence-corrected chi connectivity index (χ4v) is 4.02. The molecular formula is C32H31N3O6. The maximum Gasteiger partial charge on any atom is 0.303 e. The zero-order valence-corrected chi connectivity index (χ0v) is 22.8. The van der Waals surface area contributed by atoms with Crippen LogP contribution in [-0.2, 0) is 34.0 Å². The molecule has 9 heteroatoms. The Balaban J connectivity index is 1.49. The highest BCUT2D eigenvalue weighted by Gasteiger charge is 2.35. The van der Waals surface area contributed by atoms with Crippen molar-refractivity contribution in [1.29, 1.82) is 0 Å². The van der Waals surface area contributed by atoms with Crippen LogP contribution in [0.3, 0.4) is 0 Å². The Morgan fingerprint density at radius 3 is 1.83 bits per heavy atom. The number of carbonyl (C=O) groups is 3. The topological polar surface area (TPSA) is 130 Å². The van der Waals surface area contributed by atoms with Gasteiger partial charge in [0.25, 0.3) is 11.8 Å². The van der Waals surface area contributed by atoms with Crippen LogP contribution in [0, 0.1) is 0 Å². The van der Waals surface area contributed by atoms with Crippen LogP contribution in [0.2, 0.25) is 0 Å². The highest BCUT2D eigenvalue weighted by atomic mass is 16.6. The predicted octanol–water partition coefficient (Wildman–Crippen LogP) is 4.84. The molecule has 0 radical (unpaired) electrons. The average Bonchev–Trinajstić information content (AvgIpc) is 2.96. The van der Waals surface area contributed by atoms with Crippen LogP contribution >= 0.6 is 0 Å². The smallest absolute Gasteiger partial charge is 0.303 e. The summed E-state index contributed by atoms with van der Waals surface area (Å²) < 4.78 is 17.1. The number of nitrogens with two attached hydrogens (primary N) is 1. The molecule has 0 aliphatic rings. The van der Waals surface area contributed by atoms with E-state index in [9.17, 15) is 14.4 Å². The van der Waals surface area contributed by atoms with E-state index in [4.69, 9.17) is 19.9 Å². The molecule has 0 aliphatic carbocycles. The monoisotopic (exact) mass is 553 g/mol. The van der Waals surface area contributed by atoms with Crippen molar-refractivity contribution in [3.05, 3.63) is 119 Å². The number of benzene rings is 3. The van der Waals surface area contributed by atoms with Crippen LogP contribution in [0.25, 0.3) is 0 Å². The van der Waals surface area contributed by atoms with Gasteiger partial charge < -0.3 is 25.3 Å². The van der Waals surface area contributed by atoms with Crippen LogP contribution in [0.4, 0.5) is 5.82 Å². The second-order valence-electron chi connectivity index (χ2n) is 9.61. The van der Waals surface area contributed by atoms with E-state index in [1.165, 1.54) is 20.0 Å². The van der Waals surface area contributed by atoms with Gasteiger partial charge in [-0.1, -0.05) is 66.7 Å². The van der Waals surface area contributed by atoms with Gasteiger partial charge in [-0.3, -0.25) is 14.4 Å². The van der Waals surface area contributed by atoms with Crippen molar-refractivity contribution in [3.63, 3.8) is 0 Å². The quantitative estimate of drug-likeness (QED) is 0.240. The molecule has 0 fully saturated rings. The zero-order valence-electron chi connectivity index (χ0n) is 22.8. The minimum atomic E-state index is -1.52. The Morgan fingerprint density at radius 1 is 0.805 bits per heavy atom. The van der Waals surface area contributed by atoms with Crippen LogP contribution in [0.15, 0.2) is 97.2 Å². The van der Waals surface area contributed by atoms with Crippen LogP contribution < -0.4 is 20.5 Å². The lowest BCUT2D eigenvalue weighted by atomic mass is 9.96. The van der Waals surface area contributed by atoms with Gasteiger partial charge in [0, 0.05) is 31.2 Å². The Bertz CT molecular complexity index is 1430. The molecule has 3 N–H and O–H groups in total. The summed E-state index contributed by atoms with van der Waals surface area (Å²) in [5.41, 5.74) is 6.81. The Labute approximate surface area is 238 Å². The SMILES string of the molecule is CC(=O)OC(C)(Cc1ccc(NC(=O)c2cc(OCc3ccccc3)cc(OCc3ccccc3)c2)nc1)C(N)=O. The molecule has 0 saturated heterocycles. The maximum absolute atomic E-state index is 13.2. The van der Waals surface area contributed by atoms with Crippen molar-refractivity contribution in [3.8, 4) is 11.5 Å². The van der Waals surface area contributed by atoms with Gasteiger partial charge >= 0.3 is 5.97 Å². The number of nitrogens with zero attached hydrogens (tertiary/aromatic N) is 1.